The number of rotatable bonds is 2. The molecule has 5 nitrogen and oxygen atoms in total. The first kappa shape index (κ1) is 16.3. The molecule has 2 fully saturated rings. The highest BCUT2D eigenvalue weighted by molar-refractivity contribution is 6.30. The minimum Gasteiger partial charge on any atom is -0.339 e. The Bertz CT molecular complexity index is 579. The van der Waals surface area contributed by atoms with Crippen LogP contribution in [-0.2, 0) is 4.79 Å². The zero-order chi connectivity index (χ0) is 16.2. The van der Waals surface area contributed by atoms with E-state index in [1.807, 2.05) is 4.90 Å². The number of hydrogen-bond donors (Lipinski definition) is 1. The second kappa shape index (κ2) is 7.32. The maximum absolute atomic E-state index is 12.5. The van der Waals surface area contributed by atoms with Crippen molar-refractivity contribution in [2.75, 3.05) is 39.3 Å². The minimum atomic E-state index is -0.0125. The first-order valence-corrected chi connectivity index (χ1v) is 8.57. The van der Waals surface area contributed by atoms with Crippen LogP contribution in [0.15, 0.2) is 24.3 Å². The van der Waals surface area contributed by atoms with Crippen molar-refractivity contribution in [3.05, 3.63) is 34.9 Å². The van der Waals surface area contributed by atoms with E-state index in [2.05, 4.69) is 5.32 Å². The van der Waals surface area contributed by atoms with Crippen molar-refractivity contribution in [1.29, 1.82) is 0 Å². The Morgan fingerprint density at radius 3 is 2.35 bits per heavy atom. The molecule has 6 heteroatoms. The van der Waals surface area contributed by atoms with Gasteiger partial charge in [-0.05, 0) is 44.1 Å². The monoisotopic (exact) mass is 335 g/mol. The lowest BCUT2D eigenvalue weighted by Gasteiger charge is -2.37. The molecule has 0 aliphatic carbocycles. The van der Waals surface area contributed by atoms with E-state index in [1.54, 1.807) is 29.2 Å². The number of piperazine rings is 1. The molecule has 0 aromatic heterocycles. The third-order valence-corrected chi connectivity index (χ3v) is 4.87. The number of halogens is 1. The van der Waals surface area contributed by atoms with Gasteiger partial charge in [-0.15, -0.1) is 0 Å². The van der Waals surface area contributed by atoms with Crippen molar-refractivity contribution < 1.29 is 9.59 Å². The Morgan fingerprint density at radius 1 is 1.04 bits per heavy atom. The number of carbonyl (C=O) groups is 2. The molecule has 0 atom stereocenters. The van der Waals surface area contributed by atoms with E-state index in [-0.39, 0.29) is 17.7 Å². The van der Waals surface area contributed by atoms with Gasteiger partial charge < -0.3 is 15.1 Å². The summed E-state index contributed by atoms with van der Waals surface area (Å²) in [5, 5.41) is 3.85. The third kappa shape index (κ3) is 3.85. The molecule has 124 valence electrons. The molecule has 3 rings (SSSR count). The number of nitrogens with one attached hydrogen (secondary N) is 1. The van der Waals surface area contributed by atoms with Crippen LogP contribution in [0.3, 0.4) is 0 Å². The largest absolute Gasteiger partial charge is 0.339 e. The third-order valence-electron chi connectivity index (χ3n) is 4.64. The molecule has 2 aliphatic rings. The number of carbonyl (C=O) groups excluding carboxylic acids is 2. The van der Waals surface area contributed by atoms with E-state index >= 15 is 0 Å². The van der Waals surface area contributed by atoms with Gasteiger partial charge in [0.25, 0.3) is 5.91 Å². The summed E-state index contributed by atoms with van der Waals surface area (Å²) in [5.74, 6) is 0.384. The van der Waals surface area contributed by atoms with E-state index in [1.165, 1.54) is 0 Å². The van der Waals surface area contributed by atoms with Crippen LogP contribution in [0.25, 0.3) is 0 Å². The number of nitrogens with zero attached hydrogens (tertiary/aromatic N) is 2. The first-order valence-electron chi connectivity index (χ1n) is 8.19. The molecule has 2 aliphatic heterocycles. The fourth-order valence-corrected chi connectivity index (χ4v) is 3.45. The normalized spacial score (nSPS) is 19.7. The highest BCUT2D eigenvalue weighted by Gasteiger charge is 2.29. The molecule has 0 bridgehead atoms. The minimum absolute atomic E-state index is 0.0125. The molecule has 1 aromatic carbocycles. The Morgan fingerprint density at radius 2 is 1.70 bits per heavy atom. The summed E-state index contributed by atoms with van der Waals surface area (Å²) in [5.41, 5.74) is 0.607. The Hall–Kier alpha value is -1.59. The predicted molar refractivity (Wildman–Crippen MR) is 89.5 cm³/mol. The summed E-state index contributed by atoms with van der Waals surface area (Å²) >= 11 is 5.95. The molecule has 2 saturated heterocycles. The van der Waals surface area contributed by atoms with Crippen LogP contribution in [0.5, 0.6) is 0 Å². The van der Waals surface area contributed by atoms with E-state index < -0.39 is 0 Å². The highest BCUT2D eigenvalue weighted by Crippen LogP contribution is 2.18. The Balaban J connectivity index is 1.55. The molecule has 23 heavy (non-hydrogen) atoms. The number of hydrogen-bond acceptors (Lipinski definition) is 3. The molecule has 0 spiro atoms. The number of benzene rings is 1. The highest BCUT2D eigenvalue weighted by atomic mass is 35.5. The van der Waals surface area contributed by atoms with Crippen molar-refractivity contribution >= 4 is 23.4 Å². The van der Waals surface area contributed by atoms with Gasteiger partial charge in [-0.3, -0.25) is 9.59 Å². The lowest BCUT2D eigenvalue weighted by atomic mass is 9.96. The number of amides is 2. The second-order valence-electron chi connectivity index (χ2n) is 6.15. The van der Waals surface area contributed by atoms with Crippen molar-refractivity contribution in [1.82, 2.24) is 15.1 Å². The van der Waals surface area contributed by atoms with Crippen molar-refractivity contribution in [3.8, 4) is 0 Å². The van der Waals surface area contributed by atoms with Gasteiger partial charge in [0.2, 0.25) is 5.91 Å². The van der Waals surface area contributed by atoms with Crippen molar-refractivity contribution in [2.45, 2.75) is 12.8 Å². The maximum atomic E-state index is 12.5. The van der Waals surface area contributed by atoms with E-state index in [0.717, 1.165) is 25.9 Å². The van der Waals surface area contributed by atoms with E-state index in [0.29, 0.717) is 36.8 Å². The average Bonchev–Trinajstić information content (AvgIpc) is 2.61. The molecule has 1 aromatic rings. The topological polar surface area (TPSA) is 52.7 Å². The lowest BCUT2D eigenvalue weighted by molar-refractivity contribution is -0.137. The number of piperidine rings is 1. The van der Waals surface area contributed by atoms with E-state index in [9.17, 15) is 9.59 Å². The van der Waals surface area contributed by atoms with Gasteiger partial charge >= 0.3 is 0 Å². The van der Waals surface area contributed by atoms with Gasteiger partial charge in [0, 0.05) is 42.7 Å². The smallest absolute Gasteiger partial charge is 0.254 e. The fraction of sp³-hybridized carbons (Fsp3) is 0.529. The SMILES string of the molecule is O=C(c1cccc(Cl)c1)N1CCN(C(=O)C2CCNCC2)CC1. The van der Waals surface area contributed by atoms with Gasteiger partial charge in [-0.25, -0.2) is 0 Å². The summed E-state index contributed by atoms with van der Waals surface area (Å²) in [6.45, 7) is 4.25. The fourth-order valence-electron chi connectivity index (χ4n) is 3.26. The average molecular weight is 336 g/mol. The molecular weight excluding hydrogens is 314 g/mol. The van der Waals surface area contributed by atoms with Crippen LogP contribution >= 0.6 is 11.6 Å². The molecular formula is C17H22ClN3O2. The quantitative estimate of drug-likeness (QED) is 0.893. The van der Waals surface area contributed by atoms with Crippen LogP contribution in [0.1, 0.15) is 23.2 Å². The lowest BCUT2D eigenvalue weighted by Crippen LogP contribution is -2.52. The first-order chi connectivity index (χ1) is 11.1. The molecule has 0 radical (unpaired) electrons. The van der Waals surface area contributed by atoms with Crippen molar-refractivity contribution in [2.24, 2.45) is 5.92 Å². The van der Waals surface area contributed by atoms with Crippen molar-refractivity contribution in [3.63, 3.8) is 0 Å². The van der Waals surface area contributed by atoms with Gasteiger partial charge in [0.05, 0.1) is 0 Å². The van der Waals surface area contributed by atoms with Crippen LogP contribution in [0, 0.1) is 5.92 Å². The maximum Gasteiger partial charge on any atom is 0.254 e. The zero-order valence-corrected chi connectivity index (χ0v) is 13.9. The second-order valence-corrected chi connectivity index (χ2v) is 6.59. The van der Waals surface area contributed by atoms with Gasteiger partial charge in [0.1, 0.15) is 0 Å². The Labute approximate surface area is 141 Å². The predicted octanol–water partition coefficient (Wildman–Crippen LogP) is 1.62. The molecule has 0 unspecified atom stereocenters. The van der Waals surface area contributed by atoms with Gasteiger partial charge in [-0.2, -0.15) is 0 Å². The van der Waals surface area contributed by atoms with Crippen LogP contribution in [0.2, 0.25) is 5.02 Å². The summed E-state index contributed by atoms with van der Waals surface area (Å²) in [7, 11) is 0. The van der Waals surface area contributed by atoms with Crippen LogP contribution in [-0.4, -0.2) is 60.9 Å². The van der Waals surface area contributed by atoms with Crippen LogP contribution < -0.4 is 5.32 Å². The molecule has 2 amide bonds. The van der Waals surface area contributed by atoms with E-state index in [4.69, 9.17) is 11.6 Å². The molecule has 2 heterocycles. The van der Waals surface area contributed by atoms with Crippen LogP contribution in [0.4, 0.5) is 0 Å². The molecule has 1 N–H and O–H groups in total. The van der Waals surface area contributed by atoms with Gasteiger partial charge in [-0.1, -0.05) is 17.7 Å². The Kier molecular flexibility index (Phi) is 5.18. The molecule has 0 saturated carbocycles. The summed E-state index contributed by atoms with van der Waals surface area (Å²) < 4.78 is 0. The van der Waals surface area contributed by atoms with Gasteiger partial charge in [0.15, 0.2) is 0 Å². The standard InChI is InChI=1S/C17H22ClN3O2/c18-15-3-1-2-14(12-15)17(23)21-10-8-20(9-11-21)16(22)13-4-6-19-7-5-13/h1-3,12-13,19H,4-11H2. The summed E-state index contributed by atoms with van der Waals surface area (Å²) in [6.07, 6.45) is 1.83. The summed E-state index contributed by atoms with van der Waals surface area (Å²) in [6, 6.07) is 7.01. The zero-order valence-electron chi connectivity index (χ0n) is 13.1. The summed E-state index contributed by atoms with van der Waals surface area (Å²) in [4.78, 5) is 28.7.